The summed E-state index contributed by atoms with van der Waals surface area (Å²) in [5.41, 5.74) is 7.05. The van der Waals surface area contributed by atoms with Crippen LogP contribution in [0.2, 0.25) is 0 Å². The Morgan fingerprint density at radius 1 is 1.39 bits per heavy atom. The molecule has 2 rings (SSSR count). The van der Waals surface area contributed by atoms with Crippen molar-refractivity contribution in [3.8, 4) is 10.7 Å². The standard InChI is InChI=1S/C12H13N3O2S/c1-6(2)7-8(13)10(12(16)17)18-9(7)11-14-4-3-5-15-11/h3-6H,13H2,1-2H3,(H,16,17). The van der Waals surface area contributed by atoms with Gasteiger partial charge in [0.1, 0.15) is 4.88 Å². The fourth-order valence-corrected chi connectivity index (χ4v) is 2.93. The number of nitrogens with two attached hydrogens (primary N) is 1. The highest BCUT2D eigenvalue weighted by molar-refractivity contribution is 7.18. The maximum Gasteiger partial charge on any atom is 0.348 e. The third-order valence-corrected chi connectivity index (χ3v) is 3.73. The Bertz CT molecular complexity index is 579. The summed E-state index contributed by atoms with van der Waals surface area (Å²) in [4.78, 5) is 20.3. The number of nitrogens with zero attached hydrogens (tertiary/aromatic N) is 2. The molecule has 6 heteroatoms. The maximum absolute atomic E-state index is 11.1. The molecule has 0 fully saturated rings. The van der Waals surface area contributed by atoms with E-state index in [0.29, 0.717) is 11.5 Å². The lowest BCUT2D eigenvalue weighted by Gasteiger charge is -2.07. The van der Waals surface area contributed by atoms with Crippen molar-refractivity contribution < 1.29 is 9.90 Å². The van der Waals surface area contributed by atoms with E-state index in [2.05, 4.69) is 9.97 Å². The maximum atomic E-state index is 11.1. The van der Waals surface area contributed by atoms with Crippen LogP contribution in [0.5, 0.6) is 0 Å². The van der Waals surface area contributed by atoms with Crippen molar-refractivity contribution in [3.05, 3.63) is 28.9 Å². The van der Waals surface area contributed by atoms with Crippen LogP contribution >= 0.6 is 11.3 Å². The molecule has 0 bridgehead atoms. The monoisotopic (exact) mass is 263 g/mol. The highest BCUT2D eigenvalue weighted by Crippen LogP contribution is 2.41. The lowest BCUT2D eigenvalue weighted by Crippen LogP contribution is -2.01. The average Bonchev–Trinajstić information content (AvgIpc) is 2.68. The van der Waals surface area contributed by atoms with Gasteiger partial charge in [-0.15, -0.1) is 11.3 Å². The van der Waals surface area contributed by atoms with E-state index < -0.39 is 5.97 Å². The van der Waals surface area contributed by atoms with Gasteiger partial charge in [0.05, 0.1) is 10.6 Å². The van der Waals surface area contributed by atoms with Gasteiger partial charge in [0.25, 0.3) is 0 Å². The summed E-state index contributed by atoms with van der Waals surface area (Å²) in [7, 11) is 0. The summed E-state index contributed by atoms with van der Waals surface area (Å²) in [5.74, 6) is -0.375. The molecule has 5 nitrogen and oxygen atoms in total. The Morgan fingerprint density at radius 2 is 2.00 bits per heavy atom. The summed E-state index contributed by atoms with van der Waals surface area (Å²) >= 11 is 1.13. The van der Waals surface area contributed by atoms with Crippen LogP contribution in [0, 0.1) is 0 Å². The number of nitrogen functional groups attached to an aromatic ring is 1. The second kappa shape index (κ2) is 4.73. The van der Waals surface area contributed by atoms with E-state index in [0.717, 1.165) is 21.8 Å². The van der Waals surface area contributed by atoms with Gasteiger partial charge >= 0.3 is 5.97 Å². The number of anilines is 1. The molecule has 0 spiro atoms. The topological polar surface area (TPSA) is 89.1 Å². The van der Waals surface area contributed by atoms with Crippen LogP contribution in [-0.4, -0.2) is 21.0 Å². The number of hydrogen-bond acceptors (Lipinski definition) is 5. The highest BCUT2D eigenvalue weighted by atomic mass is 32.1. The number of rotatable bonds is 3. The van der Waals surface area contributed by atoms with E-state index in [1.807, 2.05) is 13.8 Å². The molecule has 0 aromatic carbocycles. The molecule has 18 heavy (non-hydrogen) atoms. The molecular weight excluding hydrogens is 250 g/mol. The lowest BCUT2D eigenvalue weighted by molar-refractivity contribution is 0.0703. The van der Waals surface area contributed by atoms with Gasteiger partial charge in [0, 0.05) is 18.0 Å². The van der Waals surface area contributed by atoms with Crippen molar-refractivity contribution in [2.45, 2.75) is 19.8 Å². The number of thiophene rings is 1. The summed E-state index contributed by atoms with van der Waals surface area (Å²) in [5, 5.41) is 9.12. The Morgan fingerprint density at radius 3 is 2.50 bits per heavy atom. The normalized spacial score (nSPS) is 10.8. The van der Waals surface area contributed by atoms with E-state index >= 15 is 0 Å². The number of carboxylic acids is 1. The molecule has 0 amide bonds. The van der Waals surface area contributed by atoms with Gasteiger partial charge in [-0.3, -0.25) is 0 Å². The molecule has 0 unspecified atom stereocenters. The first kappa shape index (κ1) is 12.5. The van der Waals surface area contributed by atoms with Crippen LogP contribution in [0.15, 0.2) is 18.5 Å². The third-order valence-electron chi connectivity index (χ3n) is 2.52. The summed E-state index contributed by atoms with van der Waals surface area (Å²) in [6.07, 6.45) is 3.26. The number of aromatic nitrogens is 2. The molecule has 2 aromatic heterocycles. The average molecular weight is 263 g/mol. The number of carboxylic acid groups (broad SMARTS) is 1. The zero-order valence-corrected chi connectivity index (χ0v) is 10.9. The second-order valence-electron chi connectivity index (χ2n) is 4.12. The molecule has 0 saturated heterocycles. The van der Waals surface area contributed by atoms with Crippen molar-refractivity contribution in [1.82, 2.24) is 9.97 Å². The van der Waals surface area contributed by atoms with E-state index in [4.69, 9.17) is 10.8 Å². The fourth-order valence-electron chi connectivity index (χ4n) is 1.77. The summed E-state index contributed by atoms with van der Waals surface area (Å²) in [6, 6.07) is 1.72. The molecule has 0 radical (unpaired) electrons. The largest absolute Gasteiger partial charge is 0.477 e. The minimum Gasteiger partial charge on any atom is -0.477 e. The summed E-state index contributed by atoms with van der Waals surface area (Å²) < 4.78 is 0. The molecular formula is C12H13N3O2S. The molecule has 94 valence electrons. The van der Waals surface area contributed by atoms with Gasteiger partial charge in [-0.05, 0) is 12.0 Å². The first-order chi connectivity index (χ1) is 8.52. The number of hydrogen-bond donors (Lipinski definition) is 2. The Hall–Kier alpha value is -1.95. The van der Waals surface area contributed by atoms with E-state index in [-0.39, 0.29) is 10.8 Å². The minimum absolute atomic E-state index is 0.119. The zero-order chi connectivity index (χ0) is 13.3. The van der Waals surface area contributed by atoms with E-state index in [1.165, 1.54) is 0 Å². The molecule has 3 N–H and O–H groups in total. The van der Waals surface area contributed by atoms with Crippen molar-refractivity contribution in [1.29, 1.82) is 0 Å². The first-order valence-electron chi connectivity index (χ1n) is 5.45. The Balaban J connectivity index is 2.67. The third kappa shape index (κ3) is 2.06. The van der Waals surface area contributed by atoms with E-state index in [1.54, 1.807) is 18.5 Å². The Labute approximate surface area is 108 Å². The van der Waals surface area contributed by atoms with E-state index in [9.17, 15) is 4.79 Å². The number of carbonyl (C=O) groups is 1. The SMILES string of the molecule is CC(C)c1c(-c2ncccn2)sc(C(=O)O)c1N. The van der Waals surface area contributed by atoms with Gasteiger partial charge in [-0.25, -0.2) is 14.8 Å². The quantitative estimate of drug-likeness (QED) is 0.888. The van der Waals surface area contributed by atoms with Gasteiger partial charge in [0.15, 0.2) is 5.82 Å². The van der Waals surface area contributed by atoms with Crippen LogP contribution in [0.25, 0.3) is 10.7 Å². The molecule has 0 aliphatic carbocycles. The van der Waals surface area contributed by atoms with Crippen molar-refractivity contribution in [3.63, 3.8) is 0 Å². The van der Waals surface area contributed by atoms with Crippen molar-refractivity contribution in [2.24, 2.45) is 0 Å². The lowest BCUT2D eigenvalue weighted by atomic mass is 10.0. The molecule has 0 aliphatic heterocycles. The van der Waals surface area contributed by atoms with Gasteiger partial charge in [0.2, 0.25) is 0 Å². The molecule has 2 heterocycles. The van der Waals surface area contributed by atoms with Gasteiger partial charge < -0.3 is 10.8 Å². The number of aromatic carboxylic acids is 1. The van der Waals surface area contributed by atoms with Crippen LogP contribution in [-0.2, 0) is 0 Å². The first-order valence-corrected chi connectivity index (χ1v) is 6.26. The van der Waals surface area contributed by atoms with Gasteiger partial charge in [-0.1, -0.05) is 13.8 Å². The van der Waals surface area contributed by atoms with Crippen LogP contribution in [0.4, 0.5) is 5.69 Å². The zero-order valence-electron chi connectivity index (χ0n) is 10.0. The fraction of sp³-hybridized carbons (Fsp3) is 0.250. The smallest absolute Gasteiger partial charge is 0.348 e. The molecule has 2 aromatic rings. The highest BCUT2D eigenvalue weighted by Gasteiger charge is 2.24. The van der Waals surface area contributed by atoms with Crippen molar-refractivity contribution in [2.75, 3.05) is 5.73 Å². The predicted molar refractivity (Wildman–Crippen MR) is 70.8 cm³/mol. The Kier molecular flexibility index (Phi) is 3.29. The molecule has 0 atom stereocenters. The van der Waals surface area contributed by atoms with Crippen LogP contribution in [0.3, 0.4) is 0 Å². The minimum atomic E-state index is -1.01. The summed E-state index contributed by atoms with van der Waals surface area (Å²) in [6.45, 7) is 3.94. The predicted octanol–water partition coefficient (Wildman–Crippen LogP) is 2.61. The second-order valence-corrected chi connectivity index (χ2v) is 5.14. The van der Waals surface area contributed by atoms with Gasteiger partial charge in [-0.2, -0.15) is 0 Å². The van der Waals surface area contributed by atoms with Crippen LogP contribution < -0.4 is 5.73 Å². The molecule has 0 aliphatic rings. The molecule has 0 saturated carbocycles. The van der Waals surface area contributed by atoms with Crippen molar-refractivity contribution >= 4 is 23.0 Å². The van der Waals surface area contributed by atoms with Crippen LogP contribution in [0.1, 0.15) is 35.0 Å².